The summed E-state index contributed by atoms with van der Waals surface area (Å²) in [6.07, 6.45) is 2.48. The highest BCUT2D eigenvalue weighted by atomic mass is 31.2. The Labute approximate surface area is 109 Å². The topological polar surface area (TPSA) is 76.1 Å². The first-order valence-electron chi connectivity index (χ1n) is 6.30. The lowest BCUT2D eigenvalue weighted by Gasteiger charge is -2.17. The number of hydrogen-bond donors (Lipinski definition) is 1. The van der Waals surface area contributed by atoms with Gasteiger partial charge in [-0.2, -0.15) is 0 Å². The third-order valence-corrected chi connectivity index (χ3v) is 4.48. The number of hydroxylamine groups is 2. The van der Waals surface area contributed by atoms with Crippen molar-refractivity contribution >= 4 is 13.5 Å². The molecule has 0 aliphatic carbocycles. The van der Waals surface area contributed by atoms with Crippen LogP contribution in [0.1, 0.15) is 40.0 Å². The van der Waals surface area contributed by atoms with Gasteiger partial charge in [0.2, 0.25) is 5.91 Å². The summed E-state index contributed by atoms with van der Waals surface area (Å²) in [4.78, 5) is 10.7. The monoisotopic (exact) mass is 281 g/mol. The molecule has 0 aromatic carbocycles. The molecule has 0 saturated heterocycles. The Morgan fingerprint density at radius 1 is 1.17 bits per heavy atom. The average Bonchev–Trinajstić information content (AvgIpc) is 2.28. The van der Waals surface area contributed by atoms with E-state index in [0.717, 1.165) is 6.42 Å². The molecule has 0 aromatic rings. The van der Waals surface area contributed by atoms with Crippen molar-refractivity contribution in [2.45, 2.75) is 40.0 Å². The van der Waals surface area contributed by atoms with Gasteiger partial charge in [0.25, 0.3) is 0 Å². The van der Waals surface area contributed by atoms with E-state index < -0.39 is 7.60 Å². The summed E-state index contributed by atoms with van der Waals surface area (Å²) in [7, 11) is -2.95. The Morgan fingerprint density at radius 3 is 2.17 bits per heavy atom. The minimum absolute atomic E-state index is 0.295. The molecule has 0 aliphatic rings. The van der Waals surface area contributed by atoms with Crippen molar-refractivity contribution in [1.29, 1.82) is 0 Å². The van der Waals surface area contributed by atoms with Crippen LogP contribution in [-0.2, 0) is 18.4 Å². The fraction of sp³-hybridized carbons (Fsp3) is 0.909. The van der Waals surface area contributed by atoms with Gasteiger partial charge in [0.05, 0.1) is 19.4 Å². The van der Waals surface area contributed by atoms with Gasteiger partial charge < -0.3 is 9.05 Å². The highest BCUT2D eigenvalue weighted by Crippen LogP contribution is 2.48. The zero-order chi connectivity index (χ0) is 14.0. The molecule has 1 amide bonds. The van der Waals surface area contributed by atoms with Gasteiger partial charge in [0, 0.05) is 13.5 Å². The molecule has 6 nitrogen and oxygen atoms in total. The van der Waals surface area contributed by atoms with Gasteiger partial charge >= 0.3 is 7.60 Å². The number of nitrogens with zero attached hydrogens (tertiary/aromatic N) is 1. The fourth-order valence-electron chi connectivity index (χ4n) is 1.46. The highest BCUT2D eigenvalue weighted by Gasteiger charge is 2.22. The van der Waals surface area contributed by atoms with Crippen molar-refractivity contribution < 1.29 is 23.6 Å². The molecule has 0 bridgehead atoms. The van der Waals surface area contributed by atoms with Crippen LogP contribution in [0, 0.1) is 0 Å². The second-order valence-corrected chi connectivity index (χ2v) is 6.06. The molecule has 0 rings (SSSR count). The van der Waals surface area contributed by atoms with Crippen LogP contribution in [0.25, 0.3) is 0 Å². The van der Waals surface area contributed by atoms with Crippen LogP contribution in [-0.4, -0.2) is 42.1 Å². The van der Waals surface area contributed by atoms with E-state index in [1.54, 1.807) is 13.8 Å². The Hall–Kier alpha value is -0.420. The number of amides is 1. The third-order valence-electron chi connectivity index (χ3n) is 2.32. The van der Waals surface area contributed by atoms with Gasteiger partial charge in [-0.05, 0) is 26.7 Å². The second kappa shape index (κ2) is 9.50. The summed E-state index contributed by atoms with van der Waals surface area (Å²) >= 11 is 0. The van der Waals surface area contributed by atoms with Gasteiger partial charge in [-0.1, -0.05) is 6.42 Å². The molecule has 0 radical (unpaired) electrons. The first-order chi connectivity index (χ1) is 8.45. The molecule has 0 heterocycles. The van der Waals surface area contributed by atoms with Crippen LogP contribution < -0.4 is 0 Å². The number of hydrogen-bond acceptors (Lipinski definition) is 5. The number of unbranched alkanes of at least 4 members (excludes halogenated alkanes) is 2. The van der Waals surface area contributed by atoms with Crippen LogP contribution >= 0.6 is 7.60 Å². The van der Waals surface area contributed by atoms with Crippen molar-refractivity contribution in [2.24, 2.45) is 0 Å². The SMILES string of the molecule is CCOP(=O)(CCCCCN(O)C(C)=O)OCC. The van der Waals surface area contributed by atoms with E-state index in [9.17, 15) is 9.36 Å². The first-order valence-corrected chi connectivity index (χ1v) is 8.03. The molecule has 7 heteroatoms. The summed E-state index contributed by atoms with van der Waals surface area (Å²) < 4.78 is 22.4. The quantitative estimate of drug-likeness (QED) is 0.288. The van der Waals surface area contributed by atoms with E-state index in [1.807, 2.05) is 0 Å². The van der Waals surface area contributed by atoms with Crippen molar-refractivity contribution in [1.82, 2.24) is 5.06 Å². The molecular formula is C11H24NO5P. The van der Waals surface area contributed by atoms with E-state index in [-0.39, 0.29) is 5.91 Å². The molecule has 1 N–H and O–H groups in total. The predicted octanol–water partition coefficient (Wildman–Crippen LogP) is 2.66. The smallest absolute Gasteiger partial charge is 0.309 e. The Morgan fingerprint density at radius 2 is 1.72 bits per heavy atom. The van der Waals surface area contributed by atoms with E-state index in [0.29, 0.717) is 43.8 Å². The maximum absolute atomic E-state index is 12.1. The number of carbonyl (C=O) groups excluding carboxylic acids is 1. The zero-order valence-corrected chi connectivity index (χ0v) is 12.3. The lowest BCUT2D eigenvalue weighted by atomic mass is 10.2. The van der Waals surface area contributed by atoms with Crippen LogP contribution in [0.4, 0.5) is 0 Å². The van der Waals surface area contributed by atoms with Gasteiger partial charge in [-0.15, -0.1) is 0 Å². The minimum atomic E-state index is -2.95. The largest absolute Gasteiger partial charge is 0.330 e. The van der Waals surface area contributed by atoms with Gasteiger partial charge in [-0.25, -0.2) is 5.06 Å². The maximum Gasteiger partial charge on any atom is 0.330 e. The molecule has 0 spiro atoms. The summed E-state index contributed by atoms with van der Waals surface area (Å²) in [5, 5.41) is 9.82. The van der Waals surface area contributed by atoms with Crippen molar-refractivity contribution in [2.75, 3.05) is 25.9 Å². The Bertz CT molecular complexity index is 275. The number of rotatable bonds is 10. The summed E-state index contributed by atoms with van der Waals surface area (Å²) in [5.74, 6) is -0.371. The Kier molecular flexibility index (Phi) is 9.28. The molecule has 0 aromatic heterocycles. The second-order valence-electron chi connectivity index (χ2n) is 3.87. The van der Waals surface area contributed by atoms with E-state index in [2.05, 4.69) is 0 Å². The van der Waals surface area contributed by atoms with E-state index in [1.165, 1.54) is 6.92 Å². The molecule has 0 fully saturated rings. The predicted molar refractivity (Wildman–Crippen MR) is 68.8 cm³/mol. The van der Waals surface area contributed by atoms with Crippen LogP contribution in [0.3, 0.4) is 0 Å². The molecule has 18 heavy (non-hydrogen) atoms. The highest BCUT2D eigenvalue weighted by molar-refractivity contribution is 7.53. The molecule has 108 valence electrons. The first kappa shape index (κ1) is 17.6. The Balaban J connectivity index is 3.80. The van der Waals surface area contributed by atoms with Crippen LogP contribution in [0.15, 0.2) is 0 Å². The number of carbonyl (C=O) groups is 1. The molecule has 0 saturated carbocycles. The maximum atomic E-state index is 12.1. The average molecular weight is 281 g/mol. The summed E-state index contributed by atoms with van der Waals surface area (Å²) in [6.45, 7) is 5.89. The van der Waals surface area contributed by atoms with Crippen molar-refractivity contribution in [3.05, 3.63) is 0 Å². The molecule has 0 aliphatic heterocycles. The van der Waals surface area contributed by atoms with Crippen molar-refractivity contribution in [3.63, 3.8) is 0 Å². The minimum Gasteiger partial charge on any atom is -0.309 e. The fourth-order valence-corrected chi connectivity index (χ4v) is 3.19. The standard InChI is InChI=1S/C11H24NO5P/c1-4-16-18(15,17-5-2)10-8-6-7-9-12(14)11(3)13/h14H,4-10H2,1-3H3. The van der Waals surface area contributed by atoms with Gasteiger partial charge in [-0.3, -0.25) is 14.6 Å². The van der Waals surface area contributed by atoms with E-state index >= 15 is 0 Å². The molecular weight excluding hydrogens is 257 g/mol. The van der Waals surface area contributed by atoms with Gasteiger partial charge in [0.1, 0.15) is 0 Å². The summed E-state index contributed by atoms with van der Waals surface area (Å²) in [6, 6.07) is 0. The van der Waals surface area contributed by atoms with Crippen LogP contribution in [0.5, 0.6) is 0 Å². The normalized spacial score (nSPS) is 11.6. The van der Waals surface area contributed by atoms with Crippen molar-refractivity contribution in [3.8, 4) is 0 Å². The van der Waals surface area contributed by atoms with Crippen LogP contribution in [0.2, 0.25) is 0 Å². The third kappa shape index (κ3) is 7.82. The lowest BCUT2D eigenvalue weighted by Crippen LogP contribution is -2.25. The lowest BCUT2D eigenvalue weighted by molar-refractivity contribution is -0.162. The van der Waals surface area contributed by atoms with Gasteiger partial charge in [0.15, 0.2) is 0 Å². The molecule has 0 atom stereocenters. The molecule has 0 unspecified atom stereocenters. The zero-order valence-electron chi connectivity index (χ0n) is 11.4. The summed E-state index contributed by atoms with van der Waals surface area (Å²) in [5.41, 5.74) is 0. The van der Waals surface area contributed by atoms with E-state index in [4.69, 9.17) is 14.3 Å².